The Bertz CT molecular complexity index is 1150. The number of halogens is 1. The molecule has 0 radical (unpaired) electrons. The summed E-state index contributed by atoms with van der Waals surface area (Å²) in [6.45, 7) is 3.63. The SMILES string of the molecule is Cc1n[nH]c(C)c1C(O)=C1C(=O)C(=O)N(Cc2cccnc2)[C@H]1c1cccc(Cl)c1. The van der Waals surface area contributed by atoms with Crippen molar-refractivity contribution >= 4 is 29.1 Å². The highest BCUT2D eigenvalue weighted by molar-refractivity contribution is 6.46. The van der Waals surface area contributed by atoms with Gasteiger partial charge in [0.1, 0.15) is 5.76 Å². The number of hydrogen-bond donors (Lipinski definition) is 2. The number of amides is 1. The number of hydrogen-bond acceptors (Lipinski definition) is 5. The Morgan fingerprint density at radius 1 is 1.23 bits per heavy atom. The molecule has 0 spiro atoms. The van der Waals surface area contributed by atoms with Crippen molar-refractivity contribution in [3.63, 3.8) is 0 Å². The Kier molecular flexibility index (Phi) is 5.13. The number of aliphatic hydroxyl groups excluding tert-OH is 1. The van der Waals surface area contributed by atoms with E-state index in [0.29, 0.717) is 27.5 Å². The number of Topliss-reactive ketones (excluding diaryl/α,β-unsaturated/α-hetero) is 1. The lowest BCUT2D eigenvalue weighted by Gasteiger charge is -2.25. The van der Waals surface area contributed by atoms with Crippen LogP contribution in [0.3, 0.4) is 0 Å². The van der Waals surface area contributed by atoms with Crippen LogP contribution in [0.15, 0.2) is 54.4 Å². The second-order valence-electron chi connectivity index (χ2n) is 7.15. The number of H-pyrrole nitrogens is 1. The molecule has 30 heavy (non-hydrogen) atoms. The largest absolute Gasteiger partial charge is 0.507 e. The average molecular weight is 423 g/mol. The number of benzene rings is 1. The van der Waals surface area contributed by atoms with E-state index in [2.05, 4.69) is 15.2 Å². The standard InChI is InChI=1S/C22H19ClN4O3/c1-12-17(13(2)26-25-12)20(28)18-19(15-6-3-7-16(23)9-15)27(22(30)21(18)29)11-14-5-4-8-24-10-14/h3-10,19,28H,11H2,1-2H3,(H,25,26)/t19-/m0/s1. The summed E-state index contributed by atoms with van der Waals surface area (Å²) in [6.07, 6.45) is 3.27. The van der Waals surface area contributed by atoms with Crippen LogP contribution in [0, 0.1) is 13.8 Å². The molecular weight excluding hydrogens is 404 g/mol. The molecule has 1 saturated heterocycles. The number of aryl methyl sites for hydroxylation is 2. The summed E-state index contributed by atoms with van der Waals surface area (Å²) in [5.41, 5.74) is 2.97. The van der Waals surface area contributed by atoms with Crippen LogP contribution in [0.25, 0.3) is 5.76 Å². The van der Waals surface area contributed by atoms with Crippen LogP contribution in [0.4, 0.5) is 0 Å². The van der Waals surface area contributed by atoms with Gasteiger partial charge in [0, 0.05) is 29.7 Å². The fourth-order valence-corrected chi connectivity index (χ4v) is 3.99. The van der Waals surface area contributed by atoms with Gasteiger partial charge in [0.05, 0.1) is 22.9 Å². The van der Waals surface area contributed by atoms with Crippen LogP contribution < -0.4 is 0 Å². The van der Waals surface area contributed by atoms with Gasteiger partial charge in [-0.05, 0) is 43.2 Å². The first kappa shape index (κ1) is 19.8. The van der Waals surface area contributed by atoms with Crippen LogP contribution in [0.1, 0.15) is 34.1 Å². The van der Waals surface area contributed by atoms with Crippen molar-refractivity contribution in [1.82, 2.24) is 20.1 Å². The maximum Gasteiger partial charge on any atom is 0.295 e. The molecule has 3 heterocycles. The number of aliphatic hydroxyl groups is 1. The molecule has 152 valence electrons. The molecule has 1 amide bonds. The van der Waals surface area contributed by atoms with Crippen molar-refractivity contribution in [3.8, 4) is 0 Å². The fraction of sp³-hybridized carbons (Fsp3) is 0.182. The predicted octanol–water partition coefficient (Wildman–Crippen LogP) is 3.70. The van der Waals surface area contributed by atoms with Crippen LogP contribution in [0.2, 0.25) is 5.02 Å². The highest BCUT2D eigenvalue weighted by atomic mass is 35.5. The molecule has 0 aliphatic carbocycles. The second-order valence-corrected chi connectivity index (χ2v) is 7.59. The molecular formula is C22H19ClN4O3. The lowest BCUT2D eigenvalue weighted by atomic mass is 9.94. The van der Waals surface area contributed by atoms with E-state index in [0.717, 1.165) is 5.56 Å². The predicted molar refractivity (Wildman–Crippen MR) is 112 cm³/mol. The number of carbonyl (C=O) groups excluding carboxylic acids is 2. The lowest BCUT2D eigenvalue weighted by Crippen LogP contribution is -2.29. The van der Waals surface area contributed by atoms with Gasteiger partial charge in [-0.3, -0.25) is 19.7 Å². The molecule has 0 bridgehead atoms. The van der Waals surface area contributed by atoms with Crippen LogP contribution in [0.5, 0.6) is 0 Å². The van der Waals surface area contributed by atoms with E-state index in [1.807, 2.05) is 6.07 Å². The summed E-state index contributed by atoms with van der Waals surface area (Å²) in [4.78, 5) is 31.5. The Hall–Kier alpha value is -3.45. The summed E-state index contributed by atoms with van der Waals surface area (Å²) >= 11 is 6.19. The number of ketones is 1. The summed E-state index contributed by atoms with van der Waals surface area (Å²) in [7, 11) is 0. The monoisotopic (exact) mass is 422 g/mol. The lowest BCUT2D eigenvalue weighted by molar-refractivity contribution is -0.140. The molecule has 4 rings (SSSR count). The molecule has 2 aromatic heterocycles. The van der Waals surface area contributed by atoms with Gasteiger partial charge in [-0.1, -0.05) is 29.8 Å². The van der Waals surface area contributed by atoms with Gasteiger partial charge in [0.2, 0.25) is 0 Å². The first-order valence-corrected chi connectivity index (χ1v) is 9.71. The normalized spacial score (nSPS) is 18.2. The Balaban J connectivity index is 1.91. The molecule has 1 aromatic carbocycles. The minimum absolute atomic E-state index is 0.0127. The third-order valence-corrected chi connectivity index (χ3v) is 5.38. The molecule has 1 aliphatic rings. The van der Waals surface area contributed by atoms with E-state index in [9.17, 15) is 14.7 Å². The third-order valence-electron chi connectivity index (χ3n) is 5.15. The van der Waals surface area contributed by atoms with Gasteiger partial charge < -0.3 is 10.0 Å². The maximum absolute atomic E-state index is 13.0. The second kappa shape index (κ2) is 7.76. The number of aromatic amines is 1. The number of nitrogens with zero attached hydrogens (tertiary/aromatic N) is 3. The van der Waals surface area contributed by atoms with E-state index in [-0.39, 0.29) is 17.9 Å². The quantitative estimate of drug-likeness (QED) is 0.379. The topological polar surface area (TPSA) is 99.2 Å². The zero-order valence-electron chi connectivity index (χ0n) is 16.4. The van der Waals surface area contributed by atoms with Gasteiger partial charge >= 0.3 is 0 Å². The van der Waals surface area contributed by atoms with Crippen LogP contribution >= 0.6 is 11.6 Å². The molecule has 0 saturated carbocycles. The Morgan fingerprint density at radius 2 is 2.03 bits per heavy atom. The van der Waals surface area contributed by atoms with Crippen LogP contribution in [-0.2, 0) is 16.1 Å². The fourth-order valence-electron chi connectivity index (χ4n) is 3.79. The van der Waals surface area contributed by atoms with Gasteiger partial charge in [-0.2, -0.15) is 5.10 Å². The van der Waals surface area contributed by atoms with Crippen molar-refractivity contribution in [2.24, 2.45) is 0 Å². The summed E-state index contributed by atoms with van der Waals surface area (Å²) in [6, 6.07) is 9.72. The van der Waals surface area contributed by atoms with E-state index in [1.165, 1.54) is 4.90 Å². The van der Waals surface area contributed by atoms with Gasteiger partial charge in [0.25, 0.3) is 11.7 Å². The first-order chi connectivity index (χ1) is 14.4. The smallest absolute Gasteiger partial charge is 0.295 e. The number of rotatable bonds is 4. The zero-order valence-corrected chi connectivity index (χ0v) is 17.1. The third kappa shape index (κ3) is 3.37. The van der Waals surface area contributed by atoms with E-state index in [4.69, 9.17) is 11.6 Å². The van der Waals surface area contributed by atoms with Crippen molar-refractivity contribution in [2.45, 2.75) is 26.4 Å². The van der Waals surface area contributed by atoms with Crippen LogP contribution in [-0.4, -0.2) is 36.9 Å². The van der Waals surface area contributed by atoms with E-state index >= 15 is 0 Å². The molecule has 1 atom stereocenters. The molecule has 2 N–H and O–H groups in total. The number of likely N-dealkylation sites (tertiary alicyclic amines) is 1. The molecule has 8 heteroatoms. The first-order valence-electron chi connectivity index (χ1n) is 9.33. The van der Waals surface area contributed by atoms with Gasteiger partial charge in [0.15, 0.2) is 0 Å². The Morgan fingerprint density at radius 3 is 2.67 bits per heavy atom. The Labute approximate surface area is 178 Å². The number of pyridine rings is 1. The molecule has 1 fully saturated rings. The minimum Gasteiger partial charge on any atom is -0.507 e. The summed E-state index contributed by atoms with van der Waals surface area (Å²) in [5, 5.41) is 18.5. The molecule has 7 nitrogen and oxygen atoms in total. The maximum atomic E-state index is 13.0. The molecule has 1 aliphatic heterocycles. The van der Waals surface area contributed by atoms with E-state index in [1.54, 1.807) is 56.6 Å². The van der Waals surface area contributed by atoms with Gasteiger partial charge in [-0.15, -0.1) is 0 Å². The molecule has 0 unspecified atom stereocenters. The van der Waals surface area contributed by atoms with Crippen molar-refractivity contribution in [2.75, 3.05) is 0 Å². The number of carbonyl (C=O) groups is 2. The average Bonchev–Trinajstić information content (AvgIpc) is 3.19. The molecule has 3 aromatic rings. The van der Waals surface area contributed by atoms with E-state index < -0.39 is 17.7 Å². The highest BCUT2D eigenvalue weighted by Gasteiger charge is 2.46. The number of nitrogens with one attached hydrogen (secondary N) is 1. The number of aromatic nitrogens is 3. The van der Waals surface area contributed by atoms with Gasteiger partial charge in [-0.25, -0.2) is 0 Å². The zero-order chi connectivity index (χ0) is 21.4. The van der Waals surface area contributed by atoms with Crippen molar-refractivity contribution in [1.29, 1.82) is 0 Å². The minimum atomic E-state index is -0.794. The highest BCUT2D eigenvalue weighted by Crippen LogP contribution is 2.41. The summed E-state index contributed by atoms with van der Waals surface area (Å²) in [5.74, 6) is -1.69. The van der Waals surface area contributed by atoms with Crippen molar-refractivity contribution in [3.05, 3.63) is 87.5 Å². The summed E-state index contributed by atoms with van der Waals surface area (Å²) < 4.78 is 0. The van der Waals surface area contributed by atoms with Crippen molar-refractivity contribution < 1.29 is 14.7 Å².